The van der Waals surface area contributed by atoms with Gasteiger partial charge in [0.2, 0.25) is 0 Å². The standard InChI is InChI=1S/C21H23NO3/c1-4-25-20-13-11-18(12-14-20)6-5-17-7-9-19(10-8-17)15-16(2)22-21(23)24-3/h7-14,16H,4,15H2,1-3H3,(H,22,23). The predicted molar refractivity (Wildman–Crippen MR) is 98.7 cm³/mol. The van der Waals surface area contributed by atoms with Gasteiger partial charge in [0.25, 0.3) is 0 Å². The Morgan fingerprint density at radius 1 is 1.04 bits per heavy atom. The van der Waals surface area contributed by atoms with E-state index in [1.807, 2.05) is 62.4 Å². The Balaban J connectivity index is 1.95. The maximum atomic E-state index is 11.2. The number of alkyl carbamates (subject to hydrolysis) is 1. The van der Waals surface area contributed by atoms with Crippen LogP contribution >= 0.6 is 0 Å². The normalized spacial score (nSPS) is 11.0. The number of nitrogens with one attached hydrogen (secondary N) is 1. The van der Waals surface area contributed by atoms with Gasteiger partial charge in [0.1, 0.15) is 5.75 Å². The monoisotopic (exact) mass is 337 g/mol. The summed E-state index contributed by atoms with van der Waals surface area (Å²) in [6, 6.07) is 15.8. The highest BCUT2D eigenvalue weighted by Crippen LogP contribution is 2.12. The lowest BCUT2D eigenvalue weighted by atomic mass is 10.1. The number of hydrogen-bond donors (Lipinski definition) is 1. The molecule has 0 spiro atoms. The molecule has 1 amide bonds. The van der Waals surface area contributed by atoms with Gasteiger partial charge in [0, 0.05) is 17.2 Å². The average Bonchev–Trinajstić information content (AvgIpc) is 2.62. The summed E-state index contributed by atoms with van der Waals surface area (Å²) >= 11 is 0. The van der Waals surface area contributed by atoms with Crippen molar-refractivity contribution in [1.82, 2.24) is 5.32 Å². The van der Waals surface area contributed by atoms with Crippen LogP contribution in [0.2, 0.25) is 0 Å². The molecule has 1 atom stereocenters. The van der Waals surface area contributed by atoms with Crippen molar-refractivity contribution < 1.29 is 14.3 Å². The van der Waals surface area contributed by atoms with Crippen molar-refractivity contribution in [2.75, 3.05) is 13.7 Å². The second-order valence-corrected chi connectivity index (χ2v) is 5.65. The van der Waals surface area contributed by atoms with E-state index in [2.05, 4.69) is 21.9 Å². The first-order valence-electron chi connectivity index (χ1n) is 8.29. The molecule has 0 bridgehead atoms. The van der Waals surface area contributed by atoms with Gasteiger partial charge in [-0.1, -0.05) is 24.0 Å². The van der Waals surface area contributed by atoms with E-state index >= 15 is 0 Å². The van der Waals surface area contributed by atoms with Crippen LogP contribution in [0, 0.1) is 11.8 Å². The topological polar surface area (TPSA) is 47.6 Å². The SMILES string of the molecule is CCOc1ccc(C#Cc2ccc(CC(C)NC(=O)OC)cc2)cc1. The Morgan fingerprint density at radius 2 is 1.60 bits per heavy atom. The summed E-state index contributed by atoms with van der Waals surface area (Å²) in [5, 5.41) is 2.75. The van der Waals surface area contributed by atoms with Crippen LogP contribution in [-0.4, -0.2) is 25.9 Å². The van der Waals surface area contributed by atoms with Crippen LogP contribution < -0.4 is 10.1 Å². The van der Waals surface area contributed by atoms with Crippen LogP contribution in [0.1, 0.15) is 30.5 Å². The van der Waals surface area contributed by atoms with Gasteiger partial charge in [0.05, 0.1) is 13.7 Å². The molecule has 0 heterocycles. The van der Waals surface area contributed by atoms with E-state index < -0.39 is 6.09 Å². The van der Waals surface area contributed by atoms with E-state index in [1.54, 1.807) is 0 Å². The number of carbonyl (C=O) groups is 1. The number of rotatable bonds is 5. The Morgan fingerprint density at radius 3 is 2.12 bits per heavy atom. The largest absolute Gasteiger partial charge is 0.494 e. The summed E-state index contributed by atoms with van der Waals surface area (Å²) in [6.07, 6.45) is 0.326. The lowest BCUT2D eigenvalue weighted by Gasteiger charge is -2.12. The summed E-state index contributed by atoms with van der Waals surface area (Å²) < 4.78 is 10.0. The molecule has 0 radical (unpaired) electrons. The highest BCUT2D eigenvalue weighted by atomic mass is 16.5. The minimum Gasteiger partial charge on any atom is -0.494 e. The molecule has 4 nitrogen and oxygen atoms in total. The van der Waals surface area contributed by atoms with Gasteiger partial charge in [0.15, 0.2) is 0 Å². The van der Waals surface area contributed by atoms with E-state index in [0.29, 0.717) is 6.61 Å². The van der Waals surface area contributed by atoms with Gasteiger partial charge in [-0.2, -0.15) is 0 Å². The van der Waals surface area contributed by atoms with Crippen LogP contribution in [0.3, 0.4) is 0 Å². The highest BCUT2D eigenvalue weighted by molar-refractivity contribution is 5.67. The van der Waals surface area contributed by atoms with Crippen molar-refractivity contribution in [2.24, 2.45) is 0 Å². The molecule has 0 aromatic heterocycles. The van der Waals surface area contributed by atoms with E-state index in [-0.39, 0.29) is 6.04 Å². The van der Waals surface area contributed by atoms with E-state index in [4.69, 9.17) is 4.74 Å². The van der Waals surface area contributed by atoms with Gasteiger partial charge in [-0.15, -0.1) is 0 Å². The Hall–Kier alpha value is -2.93. The molecule has 1 N–H and O–H groups in total. The minimum atomic E-state index is -0.412. The molecule has 0 aliphatic carbocycles. The van der Waals surface area contributed by atoms with Crippen molar-refractivity contribution in [3.05, 3.63) is 65.2 Å². The van der Waals surface area contributed by atoms with Crippen molar-refractivity contribution in [3.8, 4) is 17.6 Å². The molecule has 4 heteroatoms. The molecule has 2 aromatic rings. The van der Waals surface area contributed by atoms with Gasteiger partial charge in [-0.05, 0) is 62.2 Å². The molecule has 25 heavy (non-hydrogen) atoms. The van der Waals surface area contributed by atoms with Gasteiger partial charge in [-0.25, -0.2) is 4.79 Å². The third-order valence-corrected chi connectivity index (χ3v) is 3.56. The number of benzene rings is 2. The number of carbonyl (C=O) groups excluding carboxylic acids is 1. The molecule has 1 unspecified atom stereocenters. The van der Waals surface area contributed by atoms with Gasteiger partial charge >= 0.3 is 6.09 Å². The number of methoxy groups -OCH3 is 1. The zero-order valence-corrected chi connectivity index (χ0v) is 14.8. The van der Waals surface area contributed by atoms with Crippen LogP contribution in [0.5, 0.6) is 5.75 Å². The zero-order valence-electron chi connectivity index (χ0n) is 14.8. The van der Waals surface area contributed by atoms with Crippen LogP contribution in [-0.2, 0) is 11.2 Å². The van der Waals surface area contributed by atoms with E-state index in [9.17, 15) is 4.79 Å². The number of ether oxygens (including phenoxy) is 2. The first kappa shape index (κ1) is 18.4. The summed E-state index contributed by atoms with van der Waals surface area (Å²) in [5.74, 6) is 7.15. The summed E-state index contributed by atoms with van der Waals surface area (Å²) in [5.41, 5.74) is 3.03. The van der Waals surface area contributed by atoms with E-state index in [1.165, 1.54) is 7.11 Å². The van der Waals surface area contributed by atoms with Crippen molar-refractivity contribution in [2.45, 2.75) is 26.3 Å². The predicted octanol–water partition coefficient (Wildman–Crippen LogP) is 3.77. The summed E-state index contributed by atoms with van der Waals surface area (Å²) in [6.45, 7) is 4.56. The lowest BCUT2D eigenvalue weighted by molar-refractivity contribution is 0.167. The lowest BCUT2D eigenvalue weighted by Crippen LogP contribution is -2.33. The molecule has 0 saturated carbocycles. The molecular weight excluding hydrogens is 314 g/mol. The fourth-order valence-electron chi connectivity index (χ4n) is 2.33. The fraction of sp³-hybridized carbons (Fsp3) is 0.286. The van der Waals surface area contributed by atoms with Crippen molar-refractivity contribution in [1.29, 1.82) is 0 Å². The maximum Gasteiger partial charge on any atom is 0.407 e. The highest BCUT2D eigenvalue weighted by Gasteiger charge is 2.07. The molecule has 0 aliphatic heterocycles. The molecule has 0 aliphatic rings. The quantitative estimate of drug-likeness (QED) is 0.845. The summed E-state index contributed by atoms with van der Waals surface area (Å²) in [4.78, 5) is 11.2. The number of hydrogen-bond acceptors (Lipinski definition) is 3. The van der Waals surface area contributed by atoms with Crippen molar-refractivity contribution >= 4 is 6.09 Å². The zero-order chi connectivity index (χ0) is 18.1. The van der Waals surface area contributed by atoms with Crippen LogP contribution in [0.25, 0.3) is 0 Å². The second kappa shape index (κ2) is 9.39. The molecule has 130 valence electrons. The second-order valence-electron chi connectivity index (χ2n) is 5.65. The molecule has 2 aromatic carbocycles. The molecule has 0 fully saturated rings. The number of amides is 1. The smallest absolute Gasteiger partial charge is 0.407 e. The third kappa shape index (κ3) is 6.23. The molecule has 2 rings (SSSR count). The van der Waals surface area contributed by atoms with Gasteiger partial charge in [-0.3, -0.25) is 0 Å². The Bertz CT molecular complexity index is 739. The third-order valence-electron chi connectivity index (χ3n) is 3.56. The first-order valence-corrected chi connectivity index (χ1v) is 8.29. The first-order chi connectivity index (χ1) is 12.1. The summed E-state index contributed by atoms with van der Waals surface area (Å²) in [7, 11) is 1.36. The Labute approximate surface area is 149 Å². The average molecular weight is 337 g/mol. The van der Waals surface area contributed by atoms with Crippen LogP contribution in [0.4, 0.5) is 4.79 Å². The Kier molecular flexibility index (Phi) is 6.91. The van der Waals surface area contributed by atoms with E-state index in [0.717, 1.165) is 28.9 Å². The maximum absolute atomic E-state index is 11.2. The molecule has 0 saturated heterocycles. The van der Waals surface area contributed by atoms with Crippen molar-refractivity contribution in [3.63, 3.8) is 0 Å². The minimum absolute atomic E-state index is 0.00763. The molecular formula is C21H23NO3. The van der Waals surface area contributed by atoms with Gasteiger partial charge < -0.3 is 14.8 Å². The van der Waals surface area contributed by atoms with Crippen LogP contribution in [0.15, 0.2) is 48.5 Å². The fourth-order valence-corrected chi connectivity index (χ4v) is 2.33.